The number of hydrogen-bond donors (Lipinski definition) is 0. The van der Waals surface area contributed by atoms with E-state index in [4.69, 9.17) is 14.7 Å². The van der Waals surface area contributed by atoms with E-state index in [9.17, 15) is 4.79 Å². The molecule has 0 unspecified atom stereocenters. The van der Waals surface area contributed by atoms with Crippen molar-refractivity contribution in [3.63, 3.8) is 0 Å². The first-order chi connectivity index (χ1) is 14.2. The van der Waals surface area contributed by atoms with Crippen LogP contribution in [-0.2, 0) is 17.0 Å². The highest BCUT2D eigenvalue weighted by molar-refractivity contribution is 7.98. The average molecular weight is 407 g/mol. The second-order valence-electron chi connectivity index (χ2n) is 6.75. The third-order valence-electron chi connectivity index (χ3n) is 4.74. The molecule has 0 bridgehead atoms. The molecule has 2 aromatic heterocycles. The zero-order valence-corrected chi connectivity index (χ0v) is 17.3. The van der Waals surface area contributed by atoms with Gasteiger partial charge >= 0.3 is 0 Å². The Bertz CT molecular complexity index is 1220. The first-order valence-electron chi connectivity index (χ1n) is 9.51. The van der Waals surface area contributed by atoms with E-state index in [-0.39, 0.29) is 5.56 Å². The van der Waals surface area contributed by atoms with Crippen LogP contribution in [0.25, 0.3) is 21.9 Å². The van der Waals surface area contributed by atoms with Gasteiger partial charge in [-0.25, -0.2) is 15.0 Å². The van der Waals surface area contributed by atoms with Gasteiger partial charge in [0.2, 0.25) is 0 Å². The number of para-hydroxylation sites is 3. The molecule has 0 fully saturated rings. The molecule has 0 spiro atoms. The highest BCUT2D eigenvalue weighted by Gasteiger charge is 2.13. The number of thioether (sulfide) groups is 1. The monoisotopic (exact) mass is 406 g/mol. The Balaban J connectivity index is 1.68. The van der Waals surface area contributed by atoms with Crippen LogP contribution in [0, 0.1) is 6.92 Å². The molecular weight excluding hydrogens is 384 g/mol. The lowest BCUT2D eigenvalue weighted by Gasteiger charge is -2.13. The van der Waals surface area contributed by atoms with Crippen molar-refractivity contribution in [3.8, 4) is 0 Å². The molecule has 0 atom stereocenters. The maximum atomic E-state index is 13.0. The van der Waals surface area contributed by atoms with Crippen molar-refractivity contribution in [2.24, 2.45) is 0 Å². The molecule has 0 radical (unpaired) electrons. The van der Waals surface area contributed by atoms with E-state index in [1.807, 2.05) is 55.5 Å². The number of ether oxygens (including phenoxy) is 1. The Morgan fingerprint density at radius 1 is 0.966 bits per heavy atom. The predicted octanol–water partition coefficient (Wildman–Crippen LogP) is 3.98. The molecule has 0 amide bonds. The normalized spacial score (nSPS) is 11.4. The first-order valence-corrected chi connectivity index (χ1v) is 10.5. The number of nitrogens with zero attached hydrogens (tertiary/aromatic N) is 4. The van der Waals surface area contributed by atoms with Gasteiger partial charge in [-0.3, -0.25) is 9.36 Å². The van der Waals surface area contributed by atoms with Crippen molar-refractivity contribution < 1.29 is 4.74 Å². The van der Waals surface area contributed by atoms with Crippen molar-refractivity contribution in [2.75, 3.05) is 13.7 Å². The van der Waals surface area contributed by atoms with Gasteiger partial charge in [-0.15, -0.1) is 0 Å². The van der Waals surface area contributed by atoms with Gasteiger partial charge in [-0.05, 0) is 37.6 Å². The van der Waals surface area contributed by atoms with Gasteiger partial charge in [0.05, 0.1) is 33.3 Å². The molecule has 7 heteroatoms. The van der Waals surface area contributed by atoms with E-state index in [0.29, 0.717) is 35.0 Å². The van der Waals surface area contributed by atoms with Crippen molar-refractivity contribution >= 4 is 33.7 Å². The molecular formula is C22H22N4O2S. The van der Waals surface area contributed by atoms with Gasteiger partial charge in [-0.1, -0.05) is 36.0 Å². The molecule has 6 nitrogen and oxygen atoms in total. The molecule has 4 rings (SSSR count). The van der Waals surface area contributed by atoms with E-state index in [2.05, 4.69) is 4.98 Å². The van der Waals surface area contributed by atoms with Gasteiger partial charge in [0, 0.05) is 26.0 Å². The van der Waals surface area contributed by atoms with Gasteiger partial charge < -0.3 is 4.74 Å². The van der Waals surface area contributed by atoms with Crippen molar-refractivity contribution in [3.05, 3.63) is 70.3 Å². The Kier molecular flexibility index (Phi) is 5.87. The molecule has 0 aliphatic carbocycles. The van der Waals surface area contributed by atoms with E-state index >= 15 is 0 Å². The fraction of sp³-hybridized carbons (Fsp3) is 0.273. The van der Waals surface area contributed by atoms with Gasteiger partial charge in [-0.2, -0.15) is 0 Å². The van der Waals surface area contributed by atoms with E-state index < -0.39 is 0 Å². The van der Waals surface area contributed by atoms with Crippen LogP contribution in [0.4, 0.5) is 0 Å². The molecule has 0 aliphatic rings. The van der Waals surface area contributed by atoms with Crippen LogP contribution in [0.3, 0.4) is 0 Å². The Morgan fingerprint density at radius 2 is 1.66 bits per heavy atom. The van der Waals surface area contributed by atoms with Gasteiger partial charge in [0.15, 0.2) is 5.16 Å². The lowest BCUT2D eigenvalue weighted by atomic mass is 10.2. The number of rotatable bonds is 7. The van der Waals surface area contributed by atoms with Gasteiger partial charge in [0.25, 0.3) is 5.56 Å². The summed E-state index contributed by atoms with van der Waals surface area (Å²) >= 11 is 1.52. The van der Waals surface area contributed by atoms with E-state index in [1.165, 1.54) is 11.8 Å². The standard InChI is InChI=1S/C22H22N4O2S/c1-15-20(24-19-11-6-5-10-18(19)23-15)14-29-22-25-17-9-4-3-8-16(17)21(27)26(22)12-7-13-28-2/h3-6,8-11H,7,12-14H2,1-2H3. The predicted molar refractivity (Wildman–Crippen MR) is 116 cm³/mol. The van der Waals surface area contributed by atoms with Crippen LogP contribution in [-0.4, -0.2) is 33.2 Å². The van der Waals surface area contributed by atoms with Gasteiger partial charge in [0.1, 0.15) is 0 Å². The summed E-state index contributed by atoms with van der Waals surface area (Å²) < 4.78 is 6.90. The summed E-state index contributed by atoms with van der Waals surface area (Å²) in [5.74, 6) is 0.596. The molecule has 0 N–H and O–H groups in total. The minimum Gasteiger partial charge on any atom is -0.385 e. The molecule has 0 aliphatic heterocycles. The first kappa shape index (κ1) is 19.5. The molecule has 0 saturated heterocycles. The highest BCUT2D eigenvalue weighted by Crippen LogP contribution is 2.24. The van der Waals surface area contributed by atoms with Crippen LogP contribution in [0.5, 0.6) is 0 Å². The quantitative estimate of drug-likeness (QED) is 0.263. The molecule has 0 saturated carbocycles. The topological polar surface area (TPSA) is 69.9 Å². The van der Waals surface area contributed by atoms with Crippen LogP contribution < -0.4 is 5.56 Å². The minimum atomic E-state index is -0.0180. The zero-order chi connectivity index (χ0) is 20.2. The summed E-state index contributed by atoms with van der Waals surface area (Å²) in [6.07, 6.45) is 0.749. The summed E-state index contributed by atoms with van der Waals surface area (Å²) in [6, 6.07) is 15.3. The third-order valence-corrected chi connectivity index (χ3v) is 5.73. The largest absolute Gasteiger partial charge is 0.385 e. The molecule has 29 heavy (non-hydrogen) atoms. The number of aromatic nitrogens is 4. The van der Waals surface area contributed by atoms with Crippen LogP contribution in [0.15, 0.2) is 58.5 Å². The summed E-state index contributed by atoms with van der Waals surface area (Å²) in [6.45, 7) is 3.13. The fourth-order valence-electron chi connectivity index (χ4n) is 3.22. The summed E-state index contributed by atoms with van der Waals surface area (Å²) in [5.41, 5.74) is 4.25. The van der Waals surface area contributed by atoms with Crippen LogP contribution >= 0.6 is 11.8 Å². The zero-order valence-electron chi connectivity index (χ0n) is 16.5. The Hall–Kier alpha value is -2.77. The van der Waals surface area contributed by atoms with Crippen LogP contribution in [0.1, 0.15) is 17.8 Å². The maximum Gasteiger partial charge on any atom is 0.262 e. The minimum absolute atomic E-state index is 0.0180. The van der Waals surface area contributed by atoms with E-state index in [0.717, 1.165) is 28.8 Å². The summed E-state index contributed by atoms with van der Waals surface area (Å²) in [7, 11) is 1.66. The number of hydrogen-bond acceptors (Lipinski definition) is 6. The number of methoxy groups -OCH3 is 1. The summed E-state index contributed by atoms with van der Waals surface area (Å²) in [4.78, 5) is 27.2. The third kappa shape index (κ3) is 4.16. The lowest BCUT2D eigenvalue weighted by molar-refractivity contribution is 0.189. The van der Waals surface area contributed by atoms with Crippen LogP contribution in [0.2, 0.25) is 0 Å². The molecule has 2 heterocycles. The Labute approximate surface area is 173 Å². The highest BCUT2D eigenvalue weighted by atomic mass is 32.2. The van der Waals surface area contributed by atoms with Crippen molar-refractivity contribution in [2.45, 2.75) is 30.8 Å². The Morgan fingerprint density at radius 3 is 2.41 bits per heavy atom. The number of aryl methyl sites for hydroxylation is 1. The van der Waals surface area contributed by atoms with Crippen molar-refractivity contribution in [1.29, 1.82) is 0 Å². The summed E-state index contributed by atoms with van der Waals surface area (Å²) in [5, 5.41) is 1.33. The second-order valence-corrected chi connectivity index (χ2v) is 7.69. The molecule has 4 aromatic rings. The smallest absolute Gasteiger partial charge is 0.262 e. The average Bonchev–Trinajstić information content (AvgIpc) is 2.74. The number of benzene rings is 2. The molecule has 148 valence electrons. The second kappa shape index (κ2) is 8.71. The molecule has 2 aromatic carbocycles. The SMILES string of the molecule is COCCCn1c(SCc2nc3ccccc3nc2C)nc2ccccc2c1=O. The lowest BCUT2D eigenvalue weighted by Crippen LogP contribution is -2.24. The maximum absolute atomic E-state index is 13.0. The van der Waals surface area contributed by atoms with Crippen molar-refractivity contribution in [1.82, 2.24) is 19.5 Å². The van der Waals surface area contributed by atoms with E-state index in [1.54, 1.807) is 11.7 Å². The fourth-order valence-corrected chi connectivity index (χ4v) is 4.25. The number of fused-ring (bicyclic) bond motifs is 2.